The van der Waals surface area contributed by atoms with Gasteiger partial charge >= 0.3 is 0 Å². The number of likely N-dealkylation sites (N-methyl/N-ethyl adjacent to an activating group) is 1. The standard InChI is InChI=1S/C8H13N3O2S/c1-11-3-2-6(4-11)13-8-10-9-7(5-12)14-8/h6,12H,2-5H2,1H3. The van der Waals surface area contributed by atoms with Crippen LogP contribution in [0.1, 0.15) is 11.4 Å². The molecule has 1 aliphatic rings. The Morgan fingerprint density at radius 1 is 1.64 bits per heavy atom. The molecule has 5 nitrogen and oxygen atoms in total. The summed E-state index contributed by atoms with van der Waals surface area (Å²) in [6.45, 7) is 1.94. The van der Waals surface area contributed by atoms with Crippen molar-refractivity contribution in [2.45, 2.75) is 19.1 Å². The zero-order chi connectivity index (χ0) is 9.97. The minimum atomic E-state index is -0.0639. The van der Waals surface area contributed by atoms with Crippen molar-refractivity contribution in [1.82, 2.24) is 15.1 Å². The van der Waals surface area contributed by atoms with Gasteiger partial charge in [-0.05, 0) is 13.5 Å². The maximum absolute atomic E-state index is 8.80. The van der Waals surface area contributed by atoms with Gasteiger partial charge < -0.3 is 14.7 Å². The lowest BCUT2D eigenvalue weighted by molar-refractivity contribution is 0.206. The molecule has 6 heteroatoms. The van der Waals surface area contributed by atoms with Crippen LogP contribution in [0.4, 0.5) is 0 Å². The van der Waals surface area contributed by atoms with E-state index in [0.29, 0.717) is 10.2 Å². The van der Waals surface area contributed by atoms with Gasteiger partial charge in [0.2, 0.25) is 0 Å². The predicted molar refractivity (Wildman–Crippen MR) is 52.4 cm³/mol. The fourth-order valence-electron chi connectivity index (χ4n) is 1.48. The number of aliphatic hydroxyl groups excluding tert-OH is 1. The first-order valence-electron chi connectivity index (χ1n) is 4.56. The Kier molecular flexibility index (Phi) is 2.95. The van der Waals surface area contributed by atoms with Crippen molar-refractivity contribution < 1.29 is 9.84 Å². The van der Waals surface area contributed by atoms with Crippen LogP contribution in [0.15, 0.2) is 0 Å². The monoisotopic (exact) mass is 215 g/mol. The molecule has 1 N–H and O–H groups in total. The fraction of sp³-hybridized carbons (Fsp3) is 0.750. The first-order valence-corrected chi connectivity index (χ1v) is 5.38. The molecule has 1 atom stereocenters. The van der Waals surface area contributed by atoms with Crippen molar-refractivity contribution in [2.75, 3.05) is 20.1 Å². The van der Waals surface area contributed by atoms with Crippen LogP contribution in [0.25, 0.3) is 0 Å². The van der Waals surface area contributed by atoms with Crippen LogP contribution >= 0.6 is 11.3 Å². The molecule has 1 unspecified atom stereocenters. The van der Waals surface area contributed by atoms with Gasteiger partial charge in [-0.3, -0.25) is 0 Å². The molecule has 0 saturated carbocycles. The smallest absolute Gasteiger partial charge is 0.294 e. The van der Waals surface area contributed by atoms with Crippen LogP contribution in [0.2, 0.25) is 0 Å². The van der Waals surface area contributed by atoms with E-state index in [-0.39, 0.29) is 12.7 Å². The molecule has 2 heterocycles. The molecular weight excluding hydrogens is 202 g/mol. The van der Waals surface area contributed by atoms with E-state index in [1.807, 2.05) is 0 Å². The summed E-state index contributed by atoms with van der Waals surface area (Å²) >= 11 is 1.31. The second kappa shape index (κ2) is 4.20. The van der Waals surface area contributed by atoms with E-state index in [0.717, 1.165) is 19.5 Å². The fourth-order valence-corrected chi connectivity index (χ4v) is 2.10. The Bertz CT molecular complexity index is 305. The van der Waals surface area contributed by atoms with Gasteiger partial charge in [0.15, 0.2) is 0 Å². The highest BCUT2D eigenvalue weighted by molar-refractivity contribution is 7.13. The molecule has 78 valence electrons. The Labute approximate surface area is 86.3 Å². The van der Waals surface area contributed by atoms with E-state index >= 15 is 0 Å². The highest BCUT2D eigenvalue weighted by atomic mass is 32.1. The van der Waals surface area contributed by atoms with E-state index in [9.17, 15) is 0 Å². The van der Waals surface area contributed by atoms with Gasteiger partial charge in [-0.1, -0.05) is 16.4 Å². The minimum Gasteiger partial charge on any atom is -0.464 e. The second-order valence-corrected chi connectivity index (χ2v) is 4.44. The molecule has 0 aromatic carbocycles. The van der Waals surface area contributed by atoms with Crippen LogP contribution < -0.4 is 4.74 Å². The van der Waals surface area contributed by atoms with Crippen molar-refractivity contribution in [3.8, 4) is 5.19 Å². The number of aromatic nitrogens is 2. The summed E-state index contributed by atoms with van der Waals surface area (Å²) < 4.78 is 5.62. The number of nitrogens with zero attached hydrogens (tertiary/aromatic N) is 3. The van der Waals surface area contributed by atoms with Gasteiger partial charge in [-0.25, -0.2) is 0 Å². The lowest BCUT2D eigenvalue weighted by Gasteiger charge is -2.09. The molecule has 0 amide bonds. The van der Waals surface area contributed by atoms with Gasteiger partial charge in [0.05, 0.1) is 6.61 Å². The van der Waals surface area contributed by atoms with Gasteiger partial charge in [0, 0.05) is 13.1 Å². The number of ether oxygens (including phenoxy) is 1. The molecule has 0 radical (unpaired) electrons. The Morgan fingerprint density at radius 2 is 2.50 bits per heavy atom. The van der Waals surface area contributed by atoms with Crippen LogP contribution in [-0.2, 0) is 6.61 Å². The summed E-state index contributed by atoms with van der Waals surface area (Å²) in [6, 6.07) is 0. The maximum Gasteiger partial charge on any atom is 0.294 e. The van der Waals surface area contributed by atoms with Crippen LogP contribution in [-0.4, -0.2) is 46.4 Å². The number of likely N-dealkylation sites (tertiary alicyclic amines) is 1. The topological polar surface area (TPSA) is 58.5 Å². The van der Waals surface area contributed by atoms with Crippen LogP contribution in [0, 0.1) is 0 Å². The highest BCUT2D eigenvalue weighted by Gasteiger charge is 2.22. The Morgan fingerprint density at radius 3 is 3.07 bits per heavy atom. The first-order chi connectivity index (χ1) is 6.78. The van der Waals surface area contributed by atoms with Crippen LogP contribution in [0.5, 0.6) is 5.19 Å². The van der Waals surface area contributed by atoms with Gasteiger partial charge in [0.25, 0.3) is 5.19 Å². The van der Waals surface area contributed by atoms with Gasteiger partial charge in [-0.2, -0.15) is 0 Å². The zero-order valence-electron chi connectivity index (χ0n) is 8.01. The number of aliphatic hydroxyl groups is 1. The summed E-state index contributed by atoms with van der Waals surface area (Å²) in [6.07, 6.45) is 1.25. The van der Waals surface area contributed by atoms with Crippen molar-refractivity contribution in [3.05, 3.63) is 5.01 Å². The molecule has 1 fully saturated rings. The quantitative estimate of drug-likeness (QED) is 0.775. The SMILES string of the molecule is CN1CCC(Oc2nnc(CO)s2)C1. The average molecular weight is 215 g/mol. The molecule has 1 saturated heterocycles. The largest absolute Gasteiger partial charge is 0.464 e. The summed E-state index contributed by atoms with van der Waals surface area (Å²) in [4.78, 5) is 2.22. The zero-order valence-corrected chi connectivity index (χ0v) is 8.83. The first kappa shape index (κ1) is 9.82. The van der Waals surface area contributed by atoms with E-state index in [1.165, 1.54) is 11.3 Å². The molecule has 2 rings (SSSR count). The Balaban J connectivity index is 1.90. The van der Waals surface area contributed by atoms with E-state index < -0.39 is 0 Å². The van der Waals surface area contributed by atoms with E-state index in [4.69, 9.17) is 9.84 Å². The van der Waals surface area contributed by atoms with Crippen molar-refractivity contribution in [3.63, 3.8) is 0 Å². The lowest BCUT2D eigenvalue weighted by Crippen LogP contribution is -2.21. The third-order valence-electron chi connectivity index (χ3n) is 2.20. The summed E-state index contributed by atoms with van der Waals surface area (Å²) in [7, 11) is 2.07. The second-order valence-electron chi connectivity index (χ2n) is 3.41. The molecule has 1 aromatic rings. The van der Waals surface area contributed by atoms with Gasteiger partial charge in [0.1, 0.15) is 11.1 Å². The Hall–Kier alpha value is -0.720. The molecule has 0 spiro atoms. The molecule has 0 aliphatic carbocycles. The normalized spacial score (nSPS) is 22.9. The third-order valence-corrected chi connectivity index (χ3v) is 3.00. The summed E-state index contributed by atoms with van der Waals surface area (Å²) in [5.41, 5.74) is 0. The molecule has 1 aromatic heterocycles. The average Bonchev–Trinajstić information content (AvgIpc) is 2.76. The third kappa shape index (κ3) is 2.20. The summed E-state index contributed by atoms with van der Waals surface area (Å²) in [5.74, 6) is 0. The number of rotatable bonds is 3. The minimum absolute atomic E-state index is 0.0639. The molecular formula is C8H13N3O2S. The van der Waals surface area contributed by atoms with Crippen LogP contribution in [0.3, 0.4) is 0 Å². The van der Waals surface area contributed by atoms with Crippen molar-refractivity contribution in [2.24, 2.45) is 0 Å². The number of hydrogen-bond donors (Lipinski definition) is 1. The predicted octanol–water partition coefficient (Wildman–Crippen LogP) is 0.113. The van der Waals surface area contributed by atoms with Crippen molar-refractivity contribution in [1.29, 1.82) is 0 Å². The van der Waals surface area contributed by atoms with E-state index in [1.54, 1.807) is 0 Å². The van der Waals surface area contributed by atoms with Crippen molar-refractivity contribution >= 4 is 11.3 Å². The molecule has 14 heavy (non-hydrogen) atoms. The number of hydrogen-bond acceptors (Lipinski definition) is 6. The summed E-state index contributed by atoms with van der Waals surface area (Å²) in [5, 5.41) is 17.6. The molecule has 1 aliphatic heterocycles. The van der Waals surface area contributed by atoms with Gasteiger partial charge in [-0.15, -0.1) is 5.10 Å². The lowest BCUT2D eigenvalue weighted by atomic mass is 10.3. The highest BCUT2D eigenvalue weighted by Crippen LogP contribution is 2.21. The molecule has 0 bridgehead atoms. The maximum atomic E-state index is 8.80. The van der Waals surface area contributed by atoms with E-state index in [2.05, 4.69) is 22.1 Å².